The van der Waals surface area contributed by atoms with Crippen molar-refractivity contribution in [2.45, 2.75) is 44.4 Å². The van der Waals surface area contributed by atoms with Crippen LogP contribution in [-0.4, -0.2) is 29.0 Å². The van der Waals surface area contributed by atoms with Crippen LogP contribution >= 0.6 is 0 Å². The van der Waals surface area contributed by atoms with Crippen molar-refractivity contribution < 1.29 is 14.9 Å². The molecule has 0 bridgehead atoms. The molecule has 1 saturated carbocycles. The third-order valence-corrected chi connectivity index (χ3v) is 4.18. The van der Waals surface area contributed by atoms with Gasteiger partial charge in [0.15, 0.2) is 0 Å². The zero-order valence-electron chi connectivity index (χ0n) is 11.2. The van der Waals surface area contributed by atoms with Crippen LogP contribution in [0.1, 0.15) is 37.8 Å². The Morgan fingerprint density at radius 1 is 1.21 bits per heavy atom. The number of hydrogen-bond acceptors (Lipinski definition) is 4. The molecule has 1 heterocycles. The molecule has 3 atom stereocenters. The van der Waals surface area contributed by atoms with Crippen LogP contribution in [0.2, 0.25) is 0 Å². The molecule has 0 spiro atoms. The predicted molar refractivity (Wildman–Crippen MR) is 72.2 cm³/mol. The van der Waals surface area contributed by atoms with Crippen LogP contribution in [-0.2, 0) is 4.74 Å². The van der Waals surface area contributed by atoms with Crippen molar-refractivity contribution in [2.24, 2.45) is 5.92 Å². The molecule has 2 aliphatic rings. The first kappa shape index (κ1) is 12.8. The molecule has 1 aliphatic heterocycles. The van der Waals surface area contributed by atoms with Gasteiger partial charge in [0.05, 0.1) is 11.7 Å². The highest BCUT2D eigenvalue weighted by Crippen LogP contribution is 2.40. The van der Waals surface area contributed by atoms with Gasteiger partial charge in [0.1, 0.15) is 11.5 Å². The Labute approximate surface area is 113 Å². The first-order chi connectivity index (χ1) is 9.16. The summed E-state index contributed by atoms with van der Waals surface area (Å²) in [6.07, 6.45) is 3.83. The zero-order chi connectivity index (χ0) is 13.4. The van der Waals surface area contributed by atoms with E-state index >= 15 is 0 Å². The molecule has 104 valence electrons. The second-order valence-electron chi connectivity index (χ2n) is 5.67. The van der Waals surface area contributed by atoms with Crippen molar-refractivity contribution in [3.63, 3.8) is 0 Å². The highest BCUT2D eigenvalue weighted by atomic mass is 16.5. The summed E-state index contributed by atoms with van der Waals surface area (Å²) in [7, 11) is 0. The van der Waals surface area contributed by atoms with Crippen LogP contribution in [0.25, 0.3) is 0 Å². The van der Waals surface area contributed by atoms with Gasteiger partial charge in [-0.25, -0.2) is 0 Å². The minimum Gasteiger partial charge on any atom is -0.507 e. The van der Waals surface area contributed by atoms with Crippen molar-refractivity contribution in [3.8, 4) is 11.5 Å². The van der Waals surface area contributed by atoms with Gasteiger partial charge in [-0.1, -0.05) is 6.07 Å². The maximum atomic E-state index is 9.89. The standard InChI is InChI=1S/C15H21NO3/c1-9(14-12(17)3-2-4-13(14)18)16-11-7-8-19-15(11)10-5-6-10/h2-4,9-11,15-18H,5-8H2,1H3. The van der Waals surface area contributed by atoms with E-state index in [0.717, 1.165) is 13.0 Å². The lowest BCUT2D eigenvalue weighted by molar-refractivity contribution is 0.0791. The smallest absolute Gasteiger partial charge is 0.124 e. The molecular weight excluding hydrogens is 242 g/mol. The third-order valence-electron chi connectivity index (χ3n) is 4.18. The van der Waals surface area contributed by atoms with E-state index in [2.05, 4.69) is 5.32 Å². The molecular formula is C15H21NO3. The van der Waals surface area contributed by atoms with Crippen LogP contribution < -0.4 is 5.32 Å². The molecule has 19 heavy (non-hydrogen) atoms. The molecule has 3 unspecified atom stereocenters. The Morgan fingerprint density at radius 2 is 1.89 bits per heavy atom. The third kappa shape index (κ3) is 2.55. The van der Waals surface area contributed by atoms with Gasteiger partial charge in [0, 0.05) is 18.7 Å². The number of phenols is 2. The largest absolute Gasteiger partial charge is 0.507 e. The lowest BCUT2D eigenvalue weighted by Gasteiger charge is -2.25. The average molecular weight is 263 g/mol. The van der Waals surface area contributed by atoms with E-state index in [0.29, 0.717) is 23.6 Å². The lowest BCUT2D eigenvalue weighted by Crippen LogP contribution is -2.39. The van der Waals surface area contributed by atoms with E-state index in [-0.39, 0.29) is 17.5 Å². The number of phenolic OH excluding ortho intramolecular Hbond substituents is 2. The number of aromatic hydroxyl groups is 2. The van der Waals surface area contributed by atoms with E-state index in [1.54, 1.807) is 18.2 Å². The van der Waals surface area contributed by atoms with Crippen LogP contribution in [0.15, 0.2) is 18.2 Å². The molecule has 1 aliphatic carbocycles. The lowest BCUT2D eigenvalue weighted by atomic mass is 10.0. The van der Waals surface area contributed by atoms with Gasteiger partial charge in [0.2, 0.25) is 0 Å². The molecule has 1 aromatic carbocycles. The van der Waals surface area contributed by atoms with Crippen molar-refractivity contribution >= 4 is 0 Å². The van der Waals surface area contributed by atoms with Crippen LogP contribution in [0.4, 0.5) is 0 Å². The van der Waals surface area contributed by atoms with E-state index in [1.165, 1.54) is 12.8 Å². The summed E-state index contributed by atoms with van der Waals surface area (Å²) in [4.78, 5) is 0. The van der Waals surface area contributed by atoms with E-state index < -0.39 is 0 Å². The van der Waals surface area contributed by atoms with Gasteiger partial charge in [-0.15, -0.1) is 0 Å². The molecule has 3 N–H and O–H groups in total. The molecule has 3 rings (SSSR count). The number of ether oxygens (including phenoxy) is 1. The number of benzene rings is 1. The first-order valence-electron chi connectivity index (χ1n) is 7.05. The fraction of sp³-hybridized carbons (Fsp3) is 0.600. The average Bonchev–Trinajstić information content (AvgIpc) is 3.10. The number of nitrogens with one attached hydrogen (secondary N) is 1. The molecule has 1 aromatic rings. The molecule has 0 aromatic heterocycles. The number of hydrogen-bond donors (Lipinski definition) is 3. The summed E-state index contributed by atoms with van der Waals surface area (Å²) in [5.74, 6) is 0.981. The van der Waals surface area contributed by atoms with Crippen LogP contribution in [0.5, 0.6) is 11.5 Å². The van der Waals surface area contributed by atoms with Crippen molar-refractivity contribution in [1.82, 2.24) is 5.32 Å². The first-order valence-corrected chi connectivity index (χ1v) is 7.05. The Balaban J connectivity index is 1.72. The van der Waals surface area contributed by atoms with Gasteiger partial charge in [0.25, 0.3) is 0 Å². The van der Waals surface area contributed by atoms with Gasteiger partial charge in [-0.2, -0.15) is 0 Å². The fourth-order valence-corrected chi connectivity index (χ4v) is 3.07. The highest BCUT2D eigenvalue weighted by molar-refractivity contribution is 5.45. The summed E-state index contributed by atoms with van der Waals surface area (Å²) in [6.45, 7) is 2.77. The second-order valence-corrected chi connectivity index (χ2v) is 5.67. The summed E-state index contributed by atoms with van der Waals surface area (Å²) in [5, 5.41) is 23.3. The van der Waals surface area contributed by atoms with Crippen LogP contribution in [0, 0.1) is 5.92 Å². The molecule has 0 amide bonds. The normalized spacial score (nSPS) is 28.5. The van der Waals surface area contributed by atoms with E-state index in [1.807, 2.05) is 6.92 Å². The van der Waals surface area contributed by atoms with Gasteiger partial charge in [-0.05, 0) is 44.2 Å². The molecule has 1 saturated heterocycles. The second kappa shape index (κ2) is 5.02. The molecule has 0 radical (unpaired) electrons. The number of rotatable bonds is 4. The minimum atomic E-state index is -0.0888. The van der Waals surface area contributed by atoms with Gasteiger partial charge >= 0.3 is 0 Å². The Kier molecular flexibility index (Phi) is 3.37. The maximum Gasteiger partial charge on any atom is 0.124 e. The summed E-state index contributed by atoms with van der Waals surface area (Å²) < 4.78 is 5.80. The Bertz CT molecular complexity index is 438. The Morgan fingerprint density at radius 3 is 2.53 bits per heavy atom. The summed E-state index contributed by atoms with van der Waals surface area (Å²) >= 11 is 0. The van der Waals surface area contributed by atoms with Crippen molar-refractivity contribution in [1.29, 1.82) is 0 Å². The quantitative estimate of drug-likeness (QED) is 0.780. The summed E-state index contributed by atoms with van der Waals surface area (Å²) in [6, 6.07) is 5.09. The highest BCUT2D eigenvalue weighted by Gasteiger charge is 2.41. The maximum absolute atomic E-state index is 9.89. The monoisotopic (exact) mass is 263 g/mol. The van der Waals surface area contributed by atoms with Crippen molar-refractivity contribution in [3.05, 3.63) is 23.8 Å². The van der Waals surface area contributed by atoms with Gasteiger partial charge in [-0.3, -0.25) is 0 Å². The fourth-order valence-electron chi connectivity index (χ4n) is 3.07. The predicted octanol–water partition coefficient (Wildman–Crippen LogP) is 2.32. The SMILES string of the molecule is CC(NC1CCOC1C1CC1)c1c(O)cccc1O. The van der Waals surface area contributed by atoms with E-state index in [4.69, 9.17) is 4.74 Å². The van der Waals surface area contributed by atoms with E-state index in [9.17, 15) is 10.2 Å². The molecule has 2 fully saturated rings. The zero-order valence-corrected chi connectivity index (χ0v) is 11.2. The van der Waals surface area contributed by atoms with Gasteiger partial charge < -0.3 is 20.3 Å². The summed E-state index contributed by atoms with van der Waals surface area (Å²) in [5.41, 5.74) is 0.573. The van der Waals surface area contributed by atoms with Crippen molar-refractivity contribution in [2.75, 3.05) is 6.61 Å². The molecule has 4 nitrogen and oxygen atoms in total. The van der Waals surface area contributed by atoms with Crippen LogP contribution in [0.3, 0.4) is 0 Å². The Hall–Kier alpha value is -1.26. The topological polar surface area (TPSA) is 61.7 Å². The molecule has 4 heteroatoms. The minimum absolute atomic E-state index is 0.0888.